The third-order valence-electron chi connectivity index (χ3n) is 6.58. The number of carbonyl (C=O) groups excluding carboxylic acids is 1. The SMILES string of the molecule is COc1cc(CC2CCc3cc(-c4ccc(Cl)cc4)sc3C2=O)ccc1OC[C@H](O)C1CC1. The van der Waals surface area contributed by atoms with Gasteiger partial charge in [-0.25, -0.2) is 0 Å². The minimum Gasteiger partial charge on any atom is -0.493 e. The van der Waals surface area contributed by atoms with Crippen molar-refractivity contribution < 1.29 is 19.4 Å². The van der Waals surface area contributed by atoms with Gasteiger partial charge in [0.05, 0.1) is 18.1 Å². The Morgan fingerprint density at radius 1 is 1.09 bits per heavy atom. The van der Waals surface area contributed by atoms with Crippen molar-refractivity contribution in [2.45, 2.75) is 38.2 Å². The van der Waals surface area contributed by atoms with E-state index in [0.29, 0.717) is 28.9 Å². The molecule has 1 fully saturated rings. The van der Waals surface area contributed by atoms with Gasteiger partial charge in [-0.15, -0.1) is 11.3 Å². The quantitative estimate of drug-likeness (QED) is 0.414. The molecule has 0 aliphatic heterocycles. The number of ether oxygens (including phenoxy) is 2. The van der Waals surface area contributed by atoms with E-state index in [2.05, 4.69) is 6.07 Å². The molecule has 0 amide bonds. The van der Waals surface area contributed by atoms with Gasteiger partial charge < -0.3 is 14.6 Å². The molecule has 0 radical (unpaired) electrons. The maximum absolute atomic E-state index is 13.3. The number of Topliss-reactive ketones (excluding diaryl/α,β-unsaturated/α-hetero) is 1. The third kappa shape index (κ3) is 4.96. The first-order chi connectivity index (χ1) is 16.0. The number of halogens is 1. The lowest BCUT2D eigenvalue weighted by Gasteiger charge is -2.21. The molecule has 6 heteroatoms. The fourth-order valence-corrected chi connectivity index (χ4v) is 5.82. The number of methoxy groups -OCH3 is 1. The van der Waals surface area contributed by atoms with Crippen LogP contribution in [-0.2, 0) is 12.8 Å². The number of carbonyl (C=O) groups is 1. The van der Waals surface area contributed by atoms with Crippen LogP contribution in [0.5, 0.6) is 11.5 Å². The standard InChI is InChI=1S/C27H27ClO4S/c1-31-24-13-16(2-11-23(24)32-15-22(29)17-3-4-17)12-19-5-6-20-14-25(33-27(20)26(19)30)18-7-9-21(28)10-8-18/h2,7-11,13-14,17,19,22,29H,3-6,12,15H2,1H3/t19?,22-/m0/s1. The Morgan fingerprint density at radius 3 is 2.61 bits per heavy atom. The van der Waals surface area contributed by atoms with Crippen LogP contribution >= 0.6 is 22.9 Å². The first kappa shape index (κ1) is 22.5. The van der Waals surface area contributed by atoms with E-state index in [9.17, 15) is 9.90 Å². The van der Waals surface area contributed by atoms with E-state index in [-0.39, 0.29) is 18.3 Å². The van der Waals surface area contributed by atoms with Crippen molar-refractivity contribution in [3.05, 3.63) is 69.6 Å². The lowest BCUT2D eigenvalue weighted by molar-refractivity contribution is 0.0878. The lowest BCUT2D eigenvalue weighted by atomic mass is 9.83. The van der Waals surface area contributed by atoms with E-state index in [4.69, 9.17) is 21.1 Å². The number of thiophene rings is 1. The predicted octanol–water partition coefficient (Wildman–Crippen LogP) is 6.21. The summed E-state index contributed by atoms with van der Waals surface area (Å²) < 4.78 is 11.3. The minimum atomic E-state index is -0.424. The zero-order valence-electron chi connectivity index (χ0n) is 18.6. The third-order valence-corrected chi connectivity index (χ3v) is 8.07. The van der Waals surface area contributed by atoms with E-state index < -0.39 is 6.10 Å². The molecule has 2 aliphatic rings. The number of aryl methyl sites for hydroxylation is 1. The van der Waals surface area contributed by atoms with Gasteiger partial charge in [0.1, 0.15) is 6.61 Å². The van der Waals surface area contributed by atoms with Gasteiger partial charge in [-0.05, 0) is 85.0 Å². The van der Waals surface area contributed by atoms with Gasteiger partial charge in [-0.1, -0.05) is 29.8 Å². The molecule has 1 aromatic heterocycles. The molecule has 33 heavy (non-hydrogen) atoms. The van der Waals surface area contributed by atoms with Gasteiger partial charge in [0.25, 0.3) is 0 Å². The molecule has 4 nitrogen and oxygen atoms in total. The largest absolute Gasteiger partial charge is 0.493 e. The van der Waals surface area contributed by atoms with E-state index in [1.165, 1.54) is 0 Å². The van der Waals surface area contributed by atoms with Crippen LogP contribution in [0.15, 0.2) is 48.5 Å². The second-order valence-corrected chi connectivity index (χ2v) is 10.5. The zero-order chi connectivity index (χ0) is 22.9. The molecule has 3 aromatic rings. The highest BCUT2D eigenvalue weighted by Gasteiger charge is 2.31. The highest BCUT2D eigenvalue weighted by Crippen LogP contribution is 2.39. The number of aliphatic hydroxyl groups is 1. The van der Waals surface area contributed by atoms with Gasteiger partial charge in [0.2, 0.25) is 0 Å². The molecular weight excluding hydrogens is 456 g/mol. The Hall–Kier alpha value is -2.34. The number of hydrogen-bond acceptors (Lipinski definition) is 5. The molecule has 1 N–H and O–H groups in total. The molecule has 5 rings (SSSR count). The van der Waals surface area contributed by atoms with Crippen molar-refractivity contribution in [3.8, 4) is 21.9 Å². The molecule has 1 heterocycles. The summed E-state index contributed by atoms with van der Waals surface area (Å²) in [5.74, 6) is 1.83. The molecule has 1 unspecified atom stereocenters. The second-order valence-electron chi connectivity index (χ2n) is 8.98. The first-order valence-corrected chi connectivity index (χ1v) is 12.6. The van der Waals surface area contributed by atoms with Crippen molar-refractivity contribution in [1.29, 1.82) is 0 Å². The Labute approximate surface area is 203 Å². The molecule has 2 aromatic carbocycles. The number of hydrogen-bond donors (Lipinski definition) is 1. The van der Waals surface area contributed by atoms with Crippen LogP contribution in [0, 0.1) is 11.8 Å². The summed E-state index contributed by atoms with van der Waals surface area (Å²) in [6.45, 7) is 0.276. The highest BCUT2D eigenvalue weighted by atomic mass is 35.5. The molecule has 1 saturated carbocycles. The van der Waals surface area contributed by atoms with E-state index in [0.717, 1.165) is 52.1 Å². The topological polar surface area (TPSA) is 55.8 Å². The summed E-state index contributed by atoms with van der Waals surface area (Å²) in [6, 6.07) is 15.8. The van der Waals surface area contributed by atoms with Crippen LogP contribution in [0.25, 0.3) is 10.4 Å². The Morgan fingerprint density at radius 2 is 1.88 bits per heavy atom. The molecule has 172 valence electrons. The van der Waals surface area contributed by atoms with Crippen LogP contribution < -0.4 is 9.47 Å². The average Bonchev–Trinajstić information content (AvgIpc) is 3.59. The first-order valence-electron chi connectivity index (χ1n) is 11.4. The molecular formula is C27H27ClO4S. The van der Waals surface area contributed by atoms with Gasteiger partial charge in [0, 0.05) is 15.8 Å². The number of aliphatic hydroxyl groups excluding tert-OH is 1. The number of ketones is 1. The van der Waals surface area contributed by atoms with Crippen LogP contribution in [0.1, 0.15) is 40.1 Å². The molecule has 2 aliphatic carbocycles. The lowest BCUT2D eigenvalue weighted by Crippen LogP contribution is -2.23. The van der Waals surface area contributed by atoms with Crippen molar-refractivity contribution in [2.75, 3.05) is 13.7 Å². The van der Waals surface area contributed by atoms with Crippen molar-refractivity contribution in [2.24, 2.45) is 11.8 Å². The Bertz CT molecular complexity index is 1150. The summed E-state index contributed by atoms with van der Waals surface area (Å²) in [5, 5.41) is 10.8. The zero-order valence-corrected chi connectivity index (χ0v) is 20.1. The van der Waals surface area contributed by atoms with Crippen LogP contribution in [0.4, 0.5) is 0 Å². The number of rotatable bonds is 8. The Balaban J connectivity index is 1.28. The van der Waals surface area contributed by atoms with Crippen molar-refractivity contribution in [1.82, 2.24) is 0 Å². The number of fused-ring (bicyclic) bond motifs is 1. The summed E-state index contributed by atoms with van der Waals surface area (Å²) in [6.07, 6.45) is 4.15. The summed E-state index contributed by atoms with van der Waals surface area (Å²) >= 11 is 7.60. The fourth-order valence-electron chi connectivity index (χ4n) is 4.46. The minimum absolute atomic E-state index is 0.0395. The smallest absolute Gasteiger partial charge is 0.176 e. The van der Waals surface area contributed by atoms with Crippen molar-refractivity contribution in [3.63, 3.8) is 0 Å². The molecule has 2 atom stereocenters. The van der Waals surface area contributed by atoms with E-state index in [1.54, 1.807) is 18.4 Å². The van der Waals surface area contributed by atoms with Crippen LogP contribution in [0.2, 0.25) is 5.02 Å². The van der Waals surface area contributed by atoms with Gasteiger partial charge in [-0.3, -0.25) is 4.79 Å². The summed E-state index contributed by atoms with van der Waals surface area (Å²) in [5.41, 5.74) is 3.30. The van der Waals surface area contributed by atoms with Gasteiger partial charge >= 0.3 is 0 Å². The van der Waals surface area contributed by atoms with Gasteiger partial charge in [0.15, 0.2) is 17.3 Å². The monoisotopic (exact) mass is 482 g/mol. The predicted molar refractivity (Wildman–Crippen MR) is 132 cm³/mol. The van der Waals surface area contributed by atoms with Gasteiger partial charge in [-0.2, -0.15) is 0 Å². The van der Waals surface area contributed by atoms with E-state index >= 15 is 0 Å². The van der Waals surface area contributed by atoms with E-state index in [1.807, 2.05) is 42.5 Å². The van der Waals surface area contributed by atoms with Crippen molar-refractivity contribution >= 4 is 28.7 Å². The maximum Gasteiger partial charge on any atom is 0.176 e. The Kier molecular flexibility index (Phi) is 6.46. The second kappa shape index (κ2) is 9.49. The molecule has 0 spiro atoms. The van der Waals surface area contributed by atoms with Crippen LogP contribution in [0.3, 0.4) is 0 Å². The highest BCUT2D eigenvalue weighted by molar-refractivity contribution is 7.17. The summed E-state index contributed by atoms with van der Waals surface area (Å²) in [4.78, 5) is 15.3. The van der Waals surface area contributed by atoms with Crippen LogP contribution in [-0.4, -0.2) is 30.7 Å². The average molecular weight is 483 g/mol. The normalized spacial score (nSPS) is 18.6. The molecule has 0 bridgehead atoms. The number of benzene rings is 2. The fraction of sp³-hybridized carbons (Fsp3) is 0.370. The maximum atomic E-state index is 13.3. The molecule has 0 saturated heterocycles. The summed E-state index contributed by atoms with van der Waals surface area (Å²) in [7, 11) is 1.62.